The summed E-state index contributed by atoms with van der Waals surface area (Å²) in [7, 11) is 0. The third kappa shape index (κ3) is 3.17. The largest absolute Gasteiger partial charge is 0.341 e. The van der Waals surface area contributed by atoms with Crippen LogP contribution in [0.15, 0.2) is 4.52 Å². The third-order valence-corrected chi connectivity index (χ3v) is 4.17. The predicted octanol–water partition coefficient (Wildman–Crippen LogP) is 1.46. The number of carbonyl (C=O) groups excluding carboxylic acids is 1. The SMILES string of the molecule is CCC(C)C(N)C(=O)N1CCCC(c2nc(C)no2)C1. The molecular weight excluding hydrogens is 256 g/mol. The van der Waals surface area contributed by atoms with Crippen LogP contribution in [0, 0.1) is 12.8 Å². The van der Waals surface area contributed by atoms with Gasteiger partial charge in [0.15, 0.2) is 5.82 Å². The predicted molar refractivity (Wildman–Crippen MR) is 75.0 cm³/mol. The summed E-state index contributed by atoms with van der Waals surface area (Å²) < 4.78 is 5.23. The van der Waals surface area contributed by atoms with Crippen LogP contribution in [-0.4, -0.2) is 40.1 Å². The number of rotatable bonds is 4. The molecule has 1 aromatic rings. The Morgan fingerprint density at radius 3 is 2.95 bits per heavy atom. The summed E-state index contributed by atoms with van der Waals surface area (Å²) in [6.45, 7) is 7.28. The molecule has 6 heteroatoms. The van der Waals surface area contributed by atoms with E-state index >= 15 is 0 Å². The van der Waals surface area contributed by atoms with E-state index in [9.17, 15) is 4.79 Å². The number of hydrogen-bond donors (Lipinski definition) is 1. The van der Waals surface area contributed by atoms with Gasteiger partial charge >= 0.3 is 0 Å². The van der Waals surface area contributed by atoms with Gasteiger partial charge in [0.1, 0.15) is 0 Å². The molecule has 2 heterocycles. The fraction of sp³-hybridized carbons (Fsp3) is 0.786. The van der Waals surface area contributed by atoms with Crippen molar-refractivity contribution in [1.29, 1.82) is 0 Å². The van der Waals surface area contributed by atoms with Crippen LogP contribution in [0.2, 0.25) is 0 Å². The molecule has 2 rings (SSSR count). The summed E-state index contributed by atoms with van der Waals surface area (Å²) in [5.41, 5.74) is 6.05. The van der Waals surface area contributed by atoms with Crippen molar-refractivity contribution in [2.75, 3.05) is 13.1 Å². The molecule has 3 atom stereocenters. The van der Waals surface area contributed by atoms with Crippen molar-refractivity contribution >= 4 is 5.91 Å². The quantitative estimate of drug-likeness (QED) is 0.902. The highest BCUT2D eigenvalue weighted by atomic mass is 16.5. The molecule has 1 saturated heterocycles. The minimum atomic E-state index is -0.414. The van der Waals surface area contributed by atoms with Gasteiger partial charge in [-0.05, 0) is 25.7 Å². The number of likely N-dealkylation sites (tertiary alicyclic amines) is 1. The fourth-order valence-corrected chi connectivity index (χ4v) is 2.57. The van der Waals surface area contributed by atoms with Gasteiger partial charge in [-0.1, -0.05) is 25.4 Å². The fourth-order valence-electron chi connectivity index (χ4n) is 2.57. The van der Waals surface area contributed by atoms with Crippen LogP contribution in [0.1, 0.15) is 50.7 Å². The van der Waals surface area contributed by atoms with Crippen molar-refractivity contribution < 1.29 is 9.32 Å². The van der Waals surface area contributed by atoms with Crippen molar-refractivity contribution in [3.63, 3.8) is 0 Å². The van der Waals surface area contributed by atoms with E-state index in [1.807, 2.05) is 11.8 Å². The summed E-state index contributed by atoms with van der Waals surface area (Å²) in [4.78, 5) is 18.5. The summed E-state index contributed by atoms with van der Waals surface area (Å²) in [6.07, 6.45) is 2.84. The molecule has 2 N–H and O–H groups in total. The molecule has 0 saturated carbocycles. The number of carbonyl (C=O) groups is 1. The first-order valence-corrected chi connectivity index (χ1v) is 7.37. The van der Waals surface area contributed by atoms with E-state index in [4.69, 9.17) is 10.3 Å². The molecular formula is C14H24N4O2. The zero-order valence-electron chi connectivity index (χ0n) is 12.5. The number of piperidine rings is 1. The highest BCUT2D eigenvalue weighted by Gasteiger charge is 2.31. The summed E-state index contributed by atoms with van der Waals surface area (Å²) >= 11 is 0. The maximum Gasteiger partial charge on any atom is 0.239 e. The Morgan fingerprint density at radius 1 is 1.60 bits per heavy atom. The van der Waals surface area contributed by atoms with E-state index in [1.165, 1.54) is 0 Å². The first-order valence-electron chi connectivity index (χ1n) is 7.37. The molecule has 1 aliphatic rings. The highest BCUT2D eigenvalue weighted by Crippen LogP contribution is 2.26. The van der Waals surface area contributed by atoms with Crippen LogP contribution in [0.4, 0.5) is 0 Å². The summed E-state index contributed by atoms with van der Waals surface area (Å²) in [5, 5.41) is 3.82. The van der Waals surface area contributed by atoms with Gasteiger partial charge in [0.2, 0.25) is 11.8 Å². The number of hydrogen-bond acceptors (Lipinski definition) is 5. The van der Waals surface area contributed by atoms with Gasteiger partial charge in [0, 0.05) is 13.1 Å². The maximum atomic E-state index is 12.4. The Kier molecular flexibility index (Phi) is 4.75. The topological polar surface area (TPSA) is 85.3 Å². The van der Waals surface area contributed by atoms with E-state index in [0.717, 1.165) is 25.8 Å². The van der Waals surface area contributed by atoms with E-state index in [0.29, 0.717) is 18.3 Å². The number of amides is 1. The molecule has 3 unspecified atom stereocenters. The second-order valence-electron chi connectivity index (χ2n) is 5.71. The second-order valence-corrected chi connectivity index (χ2v) is 5.71. The Hall–Kier alpha value is -1.43. The lowest BCUT2D eigenvalue weighted by molar-refractivity contribution is -0.135. The zero-order valence-corrected chi connectivity index (χ0v) is 12.5. The molecule has 20 heavy (non-hydrogen) atoms. The van der Waals surface area contributed by atoms with Gasteiger partial charge < -0.3 is 15.2 Å². The van der Waals surface area contributed by atoms with E-state index in [-0.39, 0.29) is 17.7 Å². The van der Waals surface area contributed by atoms with Crippen molar-refractivity contribution in [2.24, 2.45) is 11.7 Å². The van der Waals surface area contributed by atoms with E-state index in [1.54, 1.807) is 6.92 Å². The minimum Gasteiger partial charge on any atom is -0.341 e. The number of nitrogens with zero attached hydrogens (tertiary/aromatic N) is 3. The molecule has 6 nitrogen and oxygen atoms in total. The van der Waals surface area contributed by atoms with Gasteiger partial charge in [0.25, 0.3) is 0 Å². The standard InChI is InChI=1S/C14H24N4O2/c1-4-9(2)12(15)14(19)18-7-5-6-11(8-18)13-16-10(3)17-20-13/h9,11-12H,4-8,15H2,1-3H3. The number of aryl methyl sites for hydroxylation is 1. The molecule has 1 amide bonds. The van der Waals surface area contributed by atoms with Gasteiger partial charge in [-0.15, -0.1) is 0 Å². The number of aromatic nitrogens is 2. The van der Waals surface area contributed by atoms with E-state index < -0.39 is 6.04 Å². The van der Waals surface area contributed by atoms with Crippen LogP contribution < -0.4 is 5.73 Å². The first-order chi connectivity index (χ1) is 9.52. The van der Waals surface area contributed by atoms with Crippen LogP contribution >= 0.6 is 0 Å². The van der Waals surface area contributed by atoms with E-state index in [2.05, 4.69) is 17.1 Å². The molecule has 112 valence electrons. The first kappa shape index (κ1) is 15.0. The molecule has 0 bridgehead atoms. The van der Waals surface area contributed by atoms with Crippen LogP contribution in [0.25, 0.3) is 0 Å². The molecule has 1 fully saturated rings. The molecule has 0 spiro atoms. The summed E-state index contributed by atoms with van der Waals surface area (Å²) in [6, 6.07) is -0.414. The van der Waals surface area contributed by atoms with Crippen molar-refractivity contribution in [3.8, 4) is 0 Å². The van der Waals surface area contributed by atoms with Crippen LogP contribution in [-0.2, 0) is 4.79 Å². The molecule has 1 aromatic heterocycles. The van der Waals surface area contributed by atoms with Crippen molar-refractivity contribution in [1.82, 2.24) is 15.0 Å². The van der Waals surface area contributed by atoms with Crippen molar-refractivity contribution in [3.05, 3.63) is 11.7 Å². The molecule has 1 aliphatic heterocycles. The lowest BCUT2D eigenvalue weighted by Crippen LogP contribution is -2.50. The molecule has 0 aromatic carbocycles. The highest BCUT2D eigenvalue weighted by molar-refractivity contribution is 5.82. The normalized spacial score (nSPS) is 22.6. The Morgan fingerprint density at radius 2 is 2.35 bits per heavy atom. The third-order valence-electron chi connectivity index (χ3n) is 4.17. The molecule has 0 aliphatic carbocycles. The van der Waals surface area contributed by atoms with Crippen LogP contribution in [0.3, 0.4) is 0 Å². The monoisotopic (exact) mass is 280 g/mol. The number of nitrogens with two attached hydrogens (primary N) is 1. The average Bonchev–Trinajstić information content (AvgIpc) is 2.91. The second kappa shape index (κ2) is 6.35. The van der Waals surface area contributed by atoms with Crippen LogP contribution in [0.5, 0.6) is 0 Å². The lowest BCUT2D eigenvalue weighted by Gasteiger charge is -2.34. The van der Waals surface area contributed by atoms with Gasteiger partial charge in [-0.3, -0.25) is 4.79 Å². The lowest BCUT2D eigenvalue weighted by atomic mass is 9.94. The molecule has 0 radical (unpaired) electrons. The Balaban J connectivity index is 2.01. The van der Waals surface area contributed by atoms with Gasteiger partial charge in [0.05, 0.1) is 12.0 Å². The summed E-state index contributed by atoms with van der Waals surface area (Å²) in [5.74, 6) is 1.66. The average molecular weight is 280 g/mol. The van der Waals surface area contributed by atoms with Crippen molar-refractivity contribution in [2.45, 2.75) is 52.0 Å². The Labute approximate surface area is 119 Å². The zero-order chi connectivity index (χ0) is 14.7. The minimum absolute atomic E-state index is 0.0419. The Bertz CT molecular complexity index is 460. The smallest absolute Gasteiger partial charge is 0.239 e. The maximum absolute atomic E-state index is 12.4. The van der Waals surface area contributed by atoms with Gasteiger partial charge in [-0.2, -0.15) is 4.98 Å². The van der Waals surface area contributed by atoms with Gasteiger partial charge in [-0.25, -0.2) is 0 Å².